The maximum Gasteiger partial charge on any atom is 0.431 e. The third-order valence-corrected chi connectivity index (χ3v) is 4.10. The molecule has 1 aromatic heterocycles. The molecule has 0 aliphatic carbocycles. The molecular formula is C17H17F3N4O4. The summed E-state index contributed by atoms with van der Waals surface area (Å²) in [7, 11) is 2.75. The molecule has 2 heterocycles. The molecule has 1 aromatic carbocycles. The average Bonchev–Trinajstić information content (AvgIpc) is 3.13. The Bertz CT molecular complexity index is 923. The third kappa shape index (κ3) is 3.23. The fraction of sp³-hybridized carbons (Fsp3) is 0.353. The monoisotopic (exact) mass is 398 g/mol. The third-order valence-electron chi connectivity index (χ3n) is 4.10. The van der Waals surface area contributed by atoms with Gasteiger partial charge in [0, 0.05) is 5.56 Å². The zero-order valence-electron chi connectivity index (χ0n) is 15.2. The van der Waals surface area contributed by atoms with Crippen LogP contribution in [0.5, 0.6) is 11.5 Å². The van der Waals surface area contributed by atoms with Gasteiger partial charge in [-0.05, 0) is 13.0 Å². The Balaban J connectivity index is 2.33. The van der Waals surface area contributed by atoms with E-state index < -0.39 is 29.5 Å². The van der Waals surface area contributed by atoms with Crippen LogP contribution in [0.2, 0.25) is 0 Å². The molecule has 1 N–H and O–H groups in total. The number of alkyl halides is 3. The van der Waals surface area contributed by atoms with Gasteiger partial charge in [-0.3, -0.25) is 0 Å². The van der Waals surface area contributed by atoms with Crippen LogP contribution >= 0.6 is 0 Å². The number of carbonyl (C=O) groups excluding carboxylic acids is 1. The molecule has 0 bridgehead atoms. The van der Waals surface area contributed by atoms with Crippen LogP contribution in [0.1, 0.15) is 18.5 Å². The van der Waals surface area contributed by atoms with Gasteiger partial charge in [-0.2, -0.15) is 23.3 Å². The van der Waals surface area contributed by atoms with Gasteiger partial charge in [-0.15, -0.1) is 0 Å². The minimum absolute atomic E-state index is 0.0976. The van der Waals surface area contributed by atoms with Gasteiger partial charge in [-0.25, -0.2) is 9.48 Å². The van der Waals surface area contributed by atoms with Crippen LogP contribution in [0.15, 0.2) is 35.8 Å². The van der Waals surface area contributed by atoms with Gasteiger partial charge >= 0.3 is 12.1 Å². The number of methoxy groups -OCH3 is 2. The fourth-order valence-electron chi connectivity index (χ4n) is 3.03. The highest BCUT2D eigenvalue weighted by molar-refractivity contribution is 5.93. The molecular weight excluding hydrogens is 381 g/mol. The number of halogens is 3. The number of rotatable bonds is 5. The van der Waals surface area contributed by atoms with Crippen LogP contribution < -0.4 is 14.8 Å². The Morgan fingerprint density at radius 3 is 2.64 bits per heavy atom. The standard InChI is InChI=1S/C17H17F3N4O4/c1-4-28-15(25)11-12(9-6-5-7-10(26-2)13(9)27-3)24-16(21-8-22-24)23-14(11)17(18,19)20/h5-8,12H,4H2,1-3H3,(H,21,22,23)/t12-/m0/s1. The van der Waals surface area contributed by atoms with Gasteiger partial charge < -0.3 is 19.5 Å². The molecule has 0 radical (unpaired) electrons. The number of nitrogens with zero attached hydrogens (tertiary/aromatic N) is 3. The lowest BCUT2D eigenvalue weighted by atomic mass is 9.94. The normalized spacial score (nSPS) is 16.3. The van der Waals surface area contributed by atoms with E-state index in [1.165, 1.54) is 31.9 Å². The Hall–Kier alpha value is -3.24. The van der Waals surface area contributed by atoms with E-state index in [4.69, 9.17) is 14.2 Å². The van der Waals surface area contributed by atoms with Crippen molar-refractivity contribution in [3.05, 3.63) is 41.4 Å². The van der Waals surface area contributed by atoms with E-state index in [1.807, 2.05) is 0 Å². The summed E-state index contributed by atoms with van der Waals surface area (Å²) in [6, 6.07) is 3.39. The van der Waals surface area contributed by atoms with Crippen molar-refractivity contribution in [3.63, 3.8) is 0 Å². The molecule has 3 rings (SSSR count). The molecule has 0 saturated heterocycles. The fourth-order valence-corrected chi connectivity index (χ4v) is 3.03. The second-order valence-corrected chi connectivity index (χ2v) is 5.65. The van der Waals surface area contributed by atoms with Crippen LogP contribution in [0.3, 0.4) is 0 Å². The SMILES string of the molecule is CCOC(=O)C1=C(C(F)(F)F)Nc2ncnn2[C@H]1c1cccc(OC)c1OC. The summed E-state index contributed by atoms with van der Waals surface area (Å²) in [5.41, 5.74) is -1.68. The number of ether oxygens (including phenoxy) is 3. The molecule has 0 saturated carbocycles. The molecule has 2 aromatic rings. The number of nitrogens with one attached hydrogen (secondary N) is 1. The van der Waals surface area contributed by atoms with Crippen molar-refractivity contribution in [2.24, 2.45) is 0 Å². The Kier molecular flexibility index (Phi) is 5.16. The summed E-state index contributed by atoms with van der Waals surface area (Å²) in [6.07, 6.45) is -3.77. The molecule has 1 aliphatic rings. The number of fused-ring (bicyclic) bond motifs is 1. The first-order valence-electron chi connectivity index (χ1n) is 8.19. The number of carbonyl (C=O) groups is 1. The van der Waals surface area contributed by atoms with Gasteiger partial charge in [0.15, 0.2) is 11.5 Å². The van der Waals surface area contributed by atoms with E-state index in [9.17, 15) is 18.0 Å². The minimum atomic E-state index is -4.86. The van der Waals surface area contributed by atoms with Gasteiger partial charge in [-0.1, -0.05) is 12.1 Å². The Morgan fingerprint density at radius 1 is 1.29 bits per heavy atom. The van der Waals surface area contributed by atoms with Gasteiger partial charge in [0.05, 0.1) is 26.4 Å². The summed E-state index contributed by atoms with van der Waals surface area (Å²) < 4.78 is 58.0. The lowest BCUT2D eigenvalue weighted by Crippen LogP contribution is -2.35. The second-order valence-electron chi connectivity index (χ2n) is 5.65. The average molecular weight is 398 g/mol. The molecule has 1 aliphatic heterocycles. The first kappa shape index (κ1) is 19.5. The second kappa shape index (κ2) is 7.41. The number of allylic oxidation sites excluding steroid dienone is 1. The zero-order valence-corrected chi connectivity index (χ0v) is 15.2. The highest BCUT2D eigenvalue weighted by Crippen LogP contribution is 2.45. The predicted molar refractivity (Wildman–Crippen MR) is 91.0 cm³/mol. The molecule has 0 fully saturated rings. The highest BCUT2D eigenvalue weighted by Gasteiger charge is 2.47. The van der Waals surface area contributed by atoms with Crippen molar-refractivity contribution in [2.45, 2.75) is 19.1 Å². The zero-order chi connectivity index (χ0) is 20.5. The molecule has 28 heavy (non-hydrogen) atoms. The molecule has 0 unspecified atom stereocenters. The molecule has 150 valence electrons. The van der Waals surface area contributed by atoms with Gasteiger partial charge in [0.1, 0.15) is 18.1 Å². The van der Waals surface area contributed by atoms with E-state index in [0.717, 1.165) is 6.33 Å². The van der Waals surface area contributed by atoms with E-state index in [0.29, 0.717) is 0 Å². The molecule has 1 atom stereocenters. The smallest absolute Gasteiger partial charge is 0.431 e. The summed E-state index contributed by atoms with van der Waals surface area (Å²) >= 11 is 0. The van der Waals surface area contributed by atoms with E-state index in [1.54, 1.807) is 12.1 Å². The molecule has 11 heteroatoms. The lowest BCUT2D eigenvalue weighted by Gasteiger charge is -2.30. The van der Waals surface area contributed by atoms with Crippen LogP contribution in [0, 0.1) is 0 Å². The number of hydrogen-bond donors (Lipinski definition) is 1. The Labute approximate surface area is 157 Å². The number of esters is 1. The summed E-state index contributed by atoms with van der Waals surface area (Å²) in [5.74, 6) is -0.841. The van der Waals surface area contributed by atoms with Crippen LogP contribution in [-0.2, 0) is 9.53 Å². The van der Waals surface area contributed by atoms with E-state index in [-0.39, 0.29) is 29.6 Å². The van der Waals surface area contributed by atoms with Crippen LogP contribution in [0.25, 0.3) is 0 Å². The van der Waals surface area contributed by atoms with Gasteiger partial charge in [0.2, 0.25) is 5.95 Å². The topological polar surface area (TPSA) is 87.5 Å². The quantitative estimate of drug-likeness (QED) is 0.775. The summed E-state index contributed by atoms with van der Waals surface area (Å²) in [6.45, 7) is 1.41. The van der Waals surface area contributed by atoms with Crippen molar-refractivity contribution >= 4 is 11.9 Å². The first-order chi connectivity index (χ1) is 13.3. The van der Waals surface area contributed by atoms with Crippen molar-refractivity contribution in [1.29, 1.82) is 0 Å². The first-order valence-corrected chi connectivity index (χ1v) is 8.19. The lowest BCUT2D eigenvalue weighted by molar-refractivity contribution is -0.140. The summed E-state index contributed by atoms with van der Waals surface area (Å²) in [4.78, 5) is 16.4. The van der Waals surface area contributed by atoms with Crippen LogP contribution in [-0.4, -0.2) is 47.7 Å². The number of benzene rings is 1. The summed E-state index contributed by atoms with van der Waals surface area (Å²) in [5, 5.41) is 6.14. The van der Waals surface area contributed by atoms with Crippen molar-refractivity contribution < 1.29 is 32.2 Å². The predicted octanol–water partition coefficient (Wildman–Crippen LogP) is 2.69. The number of hydrogen-bond acceptors (Lipinski definition) is 7. The Morgan fingerprint density at radius 2 is 2.04 bits per heavy atom. The minimum Gasteiger partial charge on any atom is -0.493 e. The van der Waals surface area contributed by atoms with Crippen molar-refractivity contribution in [1.82, 2.24) is 14.8 Å². The largest absolute Gasteiger partial charge is 0.493 e. The maximum atomic E-state index is 13.8. The van der Waals surface area contributed by atoms with Crippen molar-refractivity contribution in [2.75, 3.05) is 26.1 Å². The maximum absolute atomic E-state index is 13.8. The van der Waals surface area contributed by atoms with Crippen molar-refractivity contribution in [3.8, 4) is 11.5 Å². The molecule has 0 amide bonds. The van der Waals surface area contributed by atoms with Gasteiger partial charge in [0.25, 0.3) is 0 Å². The number of para-hydroxylation sites is 1. The van der Waals surface area contributed by atoms with E-state index >= 15 is 0 Å². The van der Waals surface area contributed by atoms with Crippen LogP contribution in [0.4, 0.5) is 19.1 Å². The number of anilines is 1. The van der Waals surface area contributed by atoms with E-state index in [2.05, 4.69) is 15.4 Å². The molecule has 8 nitrogen and oxygen atoms in total. The molecule has 0 spiro atoms. The number of aromatic nitrogens is 3. The highest BCUT2D eigenvalue weighted by atomic mass is 19.4.